The molecule has 0 nitrogen and oxygen atoms in total. The van der Waals surface area contributed by atoms with Crippen LogP contribution in [0.15, 0.2) is 12.2 Å². The first-order valence-corrected chi connectivity index (χ1v) is 3.22. The second kappa shape index (κ2) is 4.25. The number of thiol groups is 1. The van der Waals surface area contributed by atoms with Crippen LogP contribution in [0, 0.1) is 0 Å². The molecule has 0 aromatic carbocycles. The minimum atomic E-state index is 0.841. The van der Waals surface area contributed by atoms with Gasteiger partial charge in [0.15, 0.2) is 0 Å². The van der Waals surface area contributed by atoms with E-state index in [1.54, 1.807) is 0 Å². The Morgan fingerprint density at radius 1 is 1.71 bits per heavy atom. The van der Waals surface area contributed by atoms with Crippen LogP contribution in [0.25, 0.3) is 0 Å². The molecule has 0 aromatic heterocycles. The summed E-state index contributed by atoms with van der Waals surface area (Å²) in [6.45, 7) is 5.93. The van der Waals surface area contributed by atoms with Crippen molar-refractivity contribution >= 4 is 12.6 Å². The molecule has 0 spiro atoms. The van der Waals surface area contributed by atoms with Crippen molar-refractivity contribution in [1.82, 2.24) is 0 Å². The van der Waals surface area contributed by atoms with Crippen LogP contribution < -0.4 is 0 Å². The molecule has 0 bridgehead atoms. The van der Waals surface area contributed by atoms with Crippen LogP contribution in [0.3, 0.4) is 0 Å². The molecule has 7 heavy (non-hydrogen) atoms. The number of hydrogen-bond donors (Lipinski definition) is 1. The van der Waals surface area contributed by atoms with Gasteiger partial charge in [-0.2, -0.15) is 12.6 Å². The van der Waals surface area contributed by atoms with E-state index in [2.05, 4.69) is 26.1 Å². The highest BCUT2D eigenvalue weighted by Gasteiger charge is 1.84. The Kier molecular flexibility index (Phi) is 4.31. The first-order chi connectivity index (χ1) is 3.31. The Morgan fingerprint density at radius 2 is 2.29 bits per heavy atom. The third-order valence-corrected chi connectivity index (χ3v) is 1.27. The van der Waals surface area contributed by atoms with Gasteiger partial charge in [-0.15, -0.1) is 0 Å². The third-order valence-electron chi connectivity index (χ3n) is 0.827. The molecular formula is C6H12S. The van der Waals surface area contributed by atoms with Gasteiger partial charge in [0.05, 0.1) is 0 Å². The fourth-order valence-electron chi connectivity index (χ4n) is 0.433. The predicted octanol–water partition coefficient (Wildman–Crippen LogP) is 2.27. The van der Waals surface area contributed by atoms with E-state index in [9.17, 15) is 0 Å². The zero-order valence-corrected chi connectivity index (χ0v) is 5.67. The largest absolute Gasteiger partial charge is 0.175 e. The van der Waals surface area contributed by atoms with E-state index in [4.69, 9.17) is 0 Å². The molecule has 0 aliphatic rings. The maximum atomic E-state index is 4.05. The van der Waals surface area contributed by atoms with Gasteiger partial charge in [0.2, 0.25) is 0 Å². The van der Waals surface area contributed by atoms with Crippen molar-refractivity contribution in [3.05, 3.63) is 12.2 Å². The van der Waals surface area contributed by atoms with Gasteiger partial charge in [-0.3, -0.25) is 0 Å². The van der Waals surface area contributed by atoms with Crippen LogP contribution in [-0.4, -0.2) is 5.75 Å². The van der Waals surface area contributed by atoms with Gasteiger partial charge in [-0.25, -0.2) is 0 Å². The Balaban J connectivity index is 3.00. The second-order valence-electron chi connectivity index (χ2n) is 1.66. The molecule has 0 atom stereocenters. The van der Waals surface area contributed by atoms with Crippen LogP contribution in [0.5, 0.6) is 0 Å². The molecule has 0 fully saturated rings. The zero-order chi connectivity index (χ0) is 5.70. The molecule has 0 aliphatic carbocycles. The van der Waals surface area contributed by atoms with Crippen molar-refractivity contribution in [3.63, 3.8) is 0 Å². The first kappa shape index (κ1) is 7.09. The van der Waals surface area contributed by atoms with E-state index in [-0.39, 0.29) is 0 Å². The molecule has 0 aliphatic heterocycles. The summed E-state index contributed by atoms with van der Waals surface area (Å²) in [5, 5.41) is 0. The van der Waals surface area contributed by atoms with E-state index >= 15 is 0 Å². The average Bonchev–Trinajstić information content (AvgIpc) is 1.68. The highest BCUT2D eigenvalue weighted by atomic mass is 32.1. The van der Waals surface area contributed by atoms with Crippen molar-refractivity contribution in [1.29, 1.82) is 0 Å². The summed E-state index contributed by atoms with van der Waals surface area (Å²) in [7, 11) is 0. The van der Waals surface area contributed by atoms with Crippen LogP contribution in [0.4, 0.5) is 0 Å². The summed E-state index contributed by atoms with van der Waals surface area (Å²) in [6.07, 6.45) is 2.32. The molecule has 0 N–H and O–H groups in total. The molecule has 42 valence electrons. The molecule has 0 unspecified atom stereocenters. The molecular weight excluding hydrogens is 104 g/mol. The lowest BCUT2D eigenvalue weighted by molar-refractivity contribution is 0.913. The Bertz CT molecular complexity index is 57.2. The summed E-state index contributed by atoms with van der Waals surface area (Å²) < 4.78 is 0. The highest BCUT2D eigenvalue weighted by molar-refractivity contribution is 7.80. The summed E-state index contributed by atoms with van der Waals surface area (Å²) in [5.74, 6) is 0.841. The quantitative estimate of drug-likeness (QED) is 0.424. The van der Waals surface area contributed by atoms with Crippen molar-refractivity contribution in [2.75, 3.05) is 5.75 Å². The van der Waals surface area contributed by atoms with E-state index < -0.39 is 0 Å². The van der Waals surface area contributed by atoms with Crippen LogP contribution in [0.2, 0.25) is 0 Å². The molecule has 0 saturated carbocycles. The summed E-state index contributed by atoms with van der Waals surface area (Å²) in [4.78, 5) is 0. The van der Waals surface area contributed by atoms with Crippen molar-refractivity contribution < 1.29 is 0 Å². The third kappa shape index (κ3) is 3.93. The molecule has 0 aromatic rings. The predicted molar refractivity (Wildman–Crippen MR) is 37.9 cm³/mol. The normalized spacial score (nSPS) is 8.86. The molecule has 0 saturated heterocycles. The summed E-state index contributed by atoms with van der Waals surface area (Å²) in [6, 6.07) is 0. The average molecular weight is 116 g/mol. The van der Waals surface area contributed by atoms with Crippen LogP contribution in [-0.2, 0) is 0 Å². The van der Waals surface area contributed by atoms with E-state index in [1.807, 2.05) is 0 Å². The van der Waals surface area contributed by atoms with Crippen molar-refractivity contribution in [3.8, 4) is 0 Å². The molecule has 0 heterocycles. The topological polar surface area (TPSA) is 0 Å². The van der Waals surface area contributed by atoms with Gasteiger partial charge < -0.3 is 0 Å². The summed E-state index contributed by atoms with van der Waals surface area (Å²) >= 11 is 4.05. The van der Waals surface area contributed by atoms with Crippen molar-refractivity contribution in [2.45, 2.75) is 19.8 Å². The van der Waals surface area contributed by atoms with Gasteiger partial charge in [0.1, 0.15) is 0 Å². The lowest BCUT2D eigenvalue weighted by Gasteiger charge is -1.93. The molecule has 1 heteroatoms. The SMILES string of the molecule is C=C(CS)CCC. The van der Waals surface area contributed by atoms with Crippen molar-refractivity contribution in [2.24, 2.45) is 0 Å². The van der Waals surface area contributed by atoms with Gasteiger partial charge in [0.25, 0.3) is 0 Å². The van der Waals surface area contributed by atoms with Crippen LogP contribution >= 0.6 is 12.6 Å². The van der Waals surface area contributed by atoms with Crippen LogP contribution in [0.1, 0.15) is 19.8 Å². The fourth-order valence-corrected chi connectivity index (χ4v) is 0.591. The Morgan fingerprint density at radius 3 is 2.43 bits per heavy atom. The fraction of sp³-hybridized carbons (Fsp3) is 0.667. The smallest absolute Gasteiger partial charge is 0.0110 e. The maximum Gasteiger partial charge on any atom is 0.0110 e. The Hall–Kier alpha value is 0.0900. The first-order valence-electron chi connectivity index (χ1n) is 2.58. The minimum absolute atomic E-state index is 0.841. The lowest BCUT2D eigenvalue weighted by atomic mass is 10.2. The standard InChI is InChI=1S/C6H12S/c1-3-4-6(2)5-7/h7H,2-5H2,1H3. The van der Waals surface area contributed by atoms with E-state index in [0.29, 0.717) is 0 Å². The zero-order valence-electron chi connectivity index (χ0n) is 4.78. The number of hydrogen-bond acceptors (Lipinski definition) is 1. The van der Waals surface area contributed by atoms with Gasteiger partial charge in [0, 0.05) is 5.75 Å². The van der Waals surface area contributed by atoms with Gasteiger partial charge in [-0.1, -0.05) is 25.5 Å². The van der Waals surface area contributed by atoms with Gasteiger partial charge >= 0.3 is 0 Å². The number of rotatable bonds is 3. The minimum Gasteiger partial charge on any atom is -0.175 e. The Labute approximate surface area is 51.0 Å². The summed E-state index contributed by atoms with van der Waals surface area (Å²) in [5.41, 5.74) is 1.24. The highest BCUT2D eigenvalue weighted by Crippen LogP contribution is 2.01. The van der Waals surface area contributed by atoms with E-state index in [0.717, 1.165) is 12.2 Å². The monoisotopic (exact) mass is 116 g/mol. The molecule has 0 rings (SSSR count). The second-order valence-corrected chi connectivity index (χ2v) is 1.97. The van der Waals surface area contributed by atoms with Gasteiger partial charge in [-0.05, 0) is 6.42 Å². The molecule has 0 amide bonds. The lowest BCUT2D eigenvalue weighted by Crippen LogP contribution is -1.78. The van der Waals surface area contributed by atoms with E-state index in [1.165, 1.54) is 12.0 Å². The molecule has 0 radical (unpaired) electrons. The maximum absolute atomic E-state index is 4.05.